The highest BCUT2D eigenvalue weighted by Crippen LogP contribution is 2.23. The third-order valence-electron chi connectivity index (χ3n) is 10.3. The molecular formula is C44H81NO8. The summed E-state index contributed by atoms with van der Waals surface area (Å²) in [5.41, 5.74) is 0. The third kappa shape index (κ3) is 26.0. The van der Waals surface area contributed by atoms with Crippen LogP contribution in [-0.4, -0.2) is 87.5 Å². The summed E-state index contributed by atoms with van der Waals surface area (Å²) in [5, 5.41) is 54.2. The number of hydrogen-bond donors (Lipinski definition) is 6. The van der Waals surface area contributed by atoms with E-state index in [4.69, 9.17) is 9.47 Å². The Morgan fingerprint density at radius 3 is 1.72 bits per heavy atom. The van der Waals surface area contributed by atoms with Crippen LogP contribution in [-0.2, 0) is 14.3 Å². The van der Waals surface area contributed by atoms with Gasteiger partial charge in [0.15, 0.2) is 6.29 Å². The Balaban J connectivity index is 2.37. The number of ether oxygens (including phenoxy) is 2. The van der Waals surface area contributed by atoms with Crippen molar-refractivity contribution in [3.8, 4) is 0 Å². The summed E-state index contributed by atoms with van der Waals surface area (Å²) in [4.78, 5) is 12.9. The van der Waals surface area contributed by atoms with Gasteiger partial charge >= 0.3 is 0 Å². The van der Waals surface area contributed by atoms with Gasteiger partial charge in [0.1, 0.15) is 24.4 Å². The largest absolute Gasteiger partial charge is 0.394 e. The summed E-state index contributed by atoms with van der Waals surface area (Å²) in [5.74, 6) is -0.174. The van der Waals surface area contributed by atoms with Gasteiger partial charge < -0.3 is 40.3 Å². The molecule has 310 valence electrons. The zero-order valence-electron chi connectivity index (χ0n) is 33.8. The van der Waals surface area contributed by atoms with E-state index in [1.54, 1.807) is 0 Å². The van der Waals surface area contributed by atoms with Gasteiger partial charge in [0.2, 0.25) is 5.91 Å². The number of nitrogens with one attached hydrogen (secondary N) is 1. The third-order valence-corrected chi connectivity index (χ3v) is 10.3. The molecule has 9 heteroatoms. The molecule has 1 aliphatic heterocycles. The first kappa shape index (κ1) is 49.4. The fraction of sp³-hybridized carbons (Fsp3) is 0.841. The van der Waals surface area contributed by atoms with Crippen molar-refractivity contribution < 1.29 is 39.8 Å². The van der Waals surface area contributed by atoms with Crippen LogP contribution in [0.25, 0.3) is 0 Å². The fourth-order valence-electron chi connectivity index (χ4n) is 6.76. The molecule has 0 spiro atoms. The highest BCUT2D eigenvalue weighted by atomic mass is 16.7. The number of allylic oxidation sites excluding steroid dienone is 6. The van der Waals surface area contributed by atoms with E-state index in [0.717, 1.165) is 64.2 Å². The lowest BCUT2D eigenvalue weighted by Gasteiger charge is -2.40. The topological polar surface area (TPSA) is 149 Å². The minimum atomic E-state index is -1.56. The maximum atomic E-state index is 12.9. The van der Waals surface area contributed by atoms with Gasteiger partial charge in [0.05, 0.1) is 25.4 Å². The summed E-state index contributed by atoms with van der Waals surface area (Å²) in [6.07, 6.45) is 34.4. The first-order valence-electron chi connectivity index (χ1n) is 21.7. The van der Waals surface area contributed by atoms with Gasteiger partial charge in [-0.05, 0) is 44.9 Å². The molecule has 6 N–H and O–H groups in total. The van der Waals surface area contributed by atoms with E-state index in [1.165, 1.54) is 89.9 Å². The molecule has 9 nitrogen and oxygen atoms in total. The number of aliphatic hydroxyl groups is 5. The molecular weight excluding hydrogens is 670 g/mol. The zero-order valence-corrected chi connectivity index (χ0v) is 33.8. The molecule has 0 aromatic heterocycles. The van der Waals surface area contributed by atoms with Crippen molar-refractivity contribution in [3.05, 3.63) is 36.5 Å². The molecule has 0 bridgehead atoms. The van der Waals surface area contributed by atoms with Gasteiger partial charge in [0, 0.05) is 6.42 Å². The van der Waals surface area contributed by atoms with Crippen LogP contribution >= 0.6 is 0 Å². The molecule has 53 heavy (non-hydrogen) atoms. The zero-order chi connectivity index (χ0) is 38.8. The minimum absolute atomic E-state index is 0.150. The Bertz CT molecular complexity index is 925. The van der Waals surface area contributed by atoms with E-state index in [-0.39, 0.29) is 12.5 Å². The number of carbonyl (C=O) groups excluding carboxylic acids is 1. The molecule has 1 fully saturated rings. The second-order valence-corrected chi connectivity index (χ2v) is 15.1. The molecule has 7 unspecified atom stereocenters. The van der Waals surface area contributed by atoms with E-state index in [2.05, 4.69) is 55.6 Å². The van der Waals surface area contributed by atoms with E-state index >= 15 is 0 Å². The second-order valence-electron chi connectivity index (χ2n) is 15.1. The molecule has 0 radical (unpaired) electrons. The van der Waals surface area contributed by atoms with Crippen LogP contribution in [0.1, 0.15) is 181 Å². The van der Waals surface area contributed by atoms with Crippen molar-refractivity contribution in [1.82, 2.24) is 5.32 Å². The van der Waals surface area contributed by atoms with Crippen LogP contribution in [0.5, 0.6) is 0 Å². The number of hydrogen-bond acceptors (Lipinski definition) is 8. The van der Waals surface area contributed by atoms with Crippen LogP contribution in [0, 0.1) is 0 Å². The Kier molecular flexibility index (Phi) is 32.5. The Morgan fingerprint density at radius 1 is 0.660 bits per heavy atom. The predicted octanol–water partition coefficient (Wildman–Crippen LogP) is 8.50. The maximum Gasteiger partial charge on any atom is 0.220 e. The summed E-state index contributed by atoms with van der Waals surface area (Å²) >= 11 is 0. The first-order chi connectivity index (χ1) is 25.8. The van der Waals surface area contributed by atoms with Gasteiger partial charge in [-0.15, -0.1) is 0 Å². The van der Waals surface area contributed by atoms with Crippen LogP contribution in [0.15, 0.2) is 36.5 Å². The molecule has 1 heterocycles. The second kappa shape index (κ2) is 34.9. The lowest BCUT2D eigenvalue weighted by Crippen LogP contribution is -2.60. The van der Waals surface area contributed by atoms with Crippen molar-refractivity contribution >= 4 is 5.91 Å². The molecule has 7 atom stereocenters. The Morgan fingerprint density at radius 2 is 1.17 bits per heavy atom. The van der Waals surface area contributed by atoms with Crippen LogP contribution < -0.4 is 5.32 Å². The van der Waals surface area contributed by atoms with Crippen molar-refractivity contribution in [2.24, 2.45) is 0 Å². The van der Waals surface area contributed by atoms with Gasteiger partial charge in [-0.1, -0.05) is 166 Å². The molecule has 1 amide bonds. The van der Waals surface area contributed by atoms with Crippen LogP contribution in [0.3, 0.4) is 0 Å². The Hall–Kier alpha value is -1.59. The summed E-state index contributed by atoms with van der Waals surface area (Å²) in [7, 11) is 0. The van der Waals surface area contributed by atoms with E-state index in [9.17, 15) is 30.3 Å². The predicted molar refractivity (Wildman–Crippen MR) is 216 cm³/mol. The Labute approximate surface area is 323 Å². The standard InChI is InChI=1S/C44H81NO8/c1-3-5-7-9-11-13-15-17-18-19-20-22-23-25-27-29-31-33-38(47)37(36-52-44-43(51)42(50)41(49)39(35-46)53-44)45-40(48)34-32-30-28-26-24-21-16-14-12-10-8-6-4-2/h6,8,12,14,21,24,37-39,41-44,46-47,49-51H,3-5,7,9-11,13,15-20,22-23,25-36H2,1-2H3,(H,45,48)/b8-6-,14-12-,24-21-. The van der Waals surface area contributed by atoms with Crippen molar-refractivity contribution in [3.63, 3.8) is 0 Å². The fourth-order valence-corrected chi connectivity index (χ4v) is 6.76. The molecule has 1 saturated heterocycles. The average Bonchev–Trinajstić information content (AvgIpc) is 3.16. The highest BCUT2D eigenvalue weighted by Gasteiger charge is 2.44. The van der Waals surface area contributed by atoms with E-state index in [1.807, 2.05) is 0 Å². The molecule has 1 rings (SSSR count). The first-order valence-corrected chi connectivity index (χ1v) is 21.7. The molecule has 0 aromatic carbocycles. The minimum Gasteiger partial charge on any atom is -0.394 e. The number of rotatable bonds is 35. The number of carbonyl (C=O) groups is 1. The normalized spacial score (nSPS) is 22.0. The summed E-state index contributed by atoms with van der Waals surface area (Å²) in [6.45, 7) is 3.69. The quantitative estimate of drug-likeness (QED) is 0.0279. The number of unbranched alkanes of at least 4 members (excludes halogenated alkanes) is 19. The monoisotopic (exact) mass is 752 g/mol. The number of aliphatic hydroxyl groups excluding tert-OH is 5. The molecule has 0 saturated carbocycles. The van der Waals surface area contributed by atoms with Crippen LogP contribution in [0.4, 0.5) is 0 Å². The SMILES string of the molecule is CC/C=C\C/C=C\C/C=C\CCCCCC(=O)NC(COC1OC(CO)C(O)C(O)C1O)C(O)CCCCCCCCCCCCCCCCCCC. The molecule has 0 aromatic rings. The average molecular weight is 752 g/mol. The van der Waals surface area contributed by atoms with Crippen LogP contribution in [0.2, 0.25) is 0 Å². The van der Waals surface area contributed by atoms with Gasteiger partial charge in [-0.25, -0.2) is 0 Å². The lowest BCUT2D eigenvalue weighted by molar-refractivity contribution is -0.302. The van der Waals surface area contributed by atoms with Crippen molar-refractivity contribution in [2.75, 3.05) is 13.2 Å². The maximum absolute atomic E-state index is 12.9. The molecule has 0 aliphatic carbocycles. The van der Waals surface area contributed by atoms with Gasteiger partial charge in [-0.3, -0.25) is 4.79 Å². The number of amides is 1. The van der Waals surface area contributed by atoms with Gasteiger partial charge in [-0.2, -0.15) is 0 Å². The summed E-state index contributed by atoms with van der Waals surface area (Å²) in [6, 6.07) is -0.732. The smallest absolute Gasteiger partial charge is 0.220 e. The van der Waals surface area contributed by atoms with Gasteiger partial charge in [0.25, 0.3) is 0 Å². The van der Waals surface area contributed by atoms with E-state index < -0.39 is 49.5 Å². The van der Waals surface area contributed by atoms with E-state index in [0.29, 0.717) is 12.8 Å². The molecule has 1 aliphatic rings. The lowest BCUT2D eigenvalue weighted by atomic mass is 9.99. The van der Waals surface area contributed by atoms with Crippen molar-refractivity contribution in [1.29, 1.82) is 0 Å². The summed E-state index contributed by atoms with van der Waals surface area (Å²) < 4.78 is 11.2. The van der Waals surface area contributed by atoms with Crippen molar-refractivity contribution in [2.45, 2.75) is 224 Å². The highest BCUT2D eigenvalue weighted by molar-refractivity contribution is 5.76.